The van der Waals surface area contributed by atoms with Gasteiger partial charge in [0.1, 0.15) is 5.70 Å². The van der Waals surface area contributed by atoms with Gasteiger partial charge in [0, 0.05) is 13.5 Å². The van der Waals surface area contributed by atoms with Crippen molar-refractivity contribution in [3.05, 3.63) is 24.6 Å². The van der Waals surface area contributed by atoms with Gasteiger partial charge in [-0.1, -0.05) is 0 Å². The Bertz CT molecular complexity index is 98.1. The molecule has 0 spiro atoms. The second-order valence-corrected chi connectivity index (χ2v) is 0.778. The monoisotopic (exact) mass is 80.0 g/mol. The van der Waals surface area contributed by atoms with Crippen LogP contribution in [0.25, 0.3) is 5.41 Å². The molecule has 0 atom stereocenters. The Kier molecular flexibility index (Phi) is 1.86. The number of aliphatic imine (C=N–C) groups is 1. The Morgan fingerprint density at radius 1 is 2.00 bits per heavy atom. The second kappa shape index (κ2) is 2.24. The number of hydrogen-bond donors (Lipinski definition) is 0. The summed E-state index contributed by atoms with van der Waals surface area (Å²) in [5.41, 5.74) is 0.303. The van der Waals surface area contributed by atoms with Crippen LogP contribution in [-0.4, -0.2) is 6.01 Å². The maximum absolute atomic E-state index is 7.72. The second-order valence-electron chi connectivity index (χ2n) is 0.778. The molecule has 0 amide bonds. The zero-order valence-electron chi connectivity index (χ0n) is 3.31. The molecule has 0 saturated heterocycles. The van der Waals surface area contributed by atoms with Gasteiger partial charge in [-0.15, -0.1) is 6.01 Å². The molecule has 0 fully saturated rings. The van der Waals surface area contributed by atoms with Crippen molar-refractivity contribution < 1.29 is 0 Å². The molecule has 0 heterocycles. The molecule has 0 saturated carbocycles. The molecule has 0 aromatic carbocycles. The lowest BCUT2D eigenvalue weighted by molar-refractivity contribution is 1.47. The fourth-order valence-electron chi connectivity index (χ4n) is 0.0707. The molecule has 0 aromatic rings. The van der Waals surface area contributed by atoms with Crippen LogP contribution >= 0.6 is 0 Å². The van der Waals surface area contributed by atoms with Crippen molar-refractivity contribution >= 4 is 6.01 Å². The van der Waals surface area contributed by atoms with E-state index in [1.807, 2.05) is 0 Å². The Hall–Kier alpha value is -1.01. The van der Waals surface area contributed by atoms with Crippen LogP contribution in [0.4, 0.5) is 0 Å². The van der Waals surface area contributed by atoms with E-state index in [-0.39, 0.29) is 0 Å². The summed E-state index contributed by atoms with van der Waals surface area (Å²) in [7, 11) is 0. The van der Waals surface area contributed by atoms with Gasteiger partial charge < -0.3 is 10.4 Å². The first-order chi connectivity index (χ1) is 2.77. The minimum absolute atomic E-state index is 0.303. The van der Waals surface area contributed by atoms with E-state index < -0.39 is 0 Å². The van der Waals surface area contributed by atoms with E-state index in [9.17, 15) is 0 Å². The summed E-state index contributed by atoms with van der Waals surface area (Å²) < 4.78 is 0. The van der Waals surface area contributed by atoms with Crippen LogP contribution in [-0.2, 0) is 0 Å². The van der Waals surface area contributed by atoms with Gasteiger partial charge in [0.05, 0.1) is 0 Å². The van der Waals surface area contributed by atoms with Gasteiger partial charge in [-0.25, -0.2) is 0 Å². The van der Waals surface area contributed by atoms with E-state index in [1.165, 1.54) is 6.01 Å². The summed E-state index contributed by atoms with van der Waals surface area (Å²) >= 11 is 0. The van der Waals surface area contributed by atoms with Gasteiger partial charge in [-0.2, -0.15) is 0 Å². The zero-order chi connectivity index (χ0) is 4.99. The molecule has 6 heavy (non-hydrogen) atoms. The number of nitrogens with zero attached hydrogens (tertiary/aromatic N) is 2. The van der Waals surface area contributed by atoms with Gasteiger partial charge >= 0.3 is 0 Å². The van der Waals surface area contributed by atoms with Gasteiger partial charge in [0.25, 0.3) is 0 Å². The van der Waals surface area contributed by atoms with E-state index in [1.54, 1.807) is 0 Å². The molecule has 2 nitrogen and oxygen atoms in total. The van der Waals surface area contributed by atoms with Crippen LogP contribution in [0.5, 0.6) is 0 Å². The lowest BCUT2D eigenvalue weighted by Crippen LogP contribution is -1.55. The molecular formula is C4H4N2. The molecule has 30 valence electrons. The third-order valence-corrected chi connectivity index (χ3v) is 0.208. The summed E-state index contributed by atoms with van der Waals surface area (Å²) in [5.74, 6) is 0. The van der Waals surface area contributed by atoms with Crippen molar-refractivity contribution in [2.75, 3.05) is 0 Å². The standard InChI is InChI=1S/C4H4N2/c1-4(2)6-3-5/h1-2H2. The predicted octanol–water partition coefficient (Wildman–Crippen LogP) is 1.08. The molecule has 0 unspecified atom stereocenters. The van der Waals surface area contributed by atoms with Gasteiger partial charge in [-0.3, -0.25) is 0 Å². The predicted molar refractivity (Wildman–Crippen MR) is 25.3 cm³/mol. The topological polar surface area (TPSA) is 34.7 Å². The average Bonchev–Trinajstić information content (AvgIpc) is 1.35. The van der Waals surface area contributed by atoms with Crippen LogP contribution in [0.3, 0.4) is 0 Å². The largest absolute Gasteiger partial charge is 0.422 e. The van der Waals surface area contributed by atoms with Gasteiger partial charge in [0.15, 0.2) is 0 Å². The third kappa shape index (κ3) is 2.99. The fourth-order valence-corrected chi connectivity index (χ4v) is 0.0707. The van der Waals surface area contributed by atoms with E-state index >= 15 is 0 Å². The average molecular weight is 80.1 g/mol. The Balaban J connectivity index is 3.60. The van der Waals surface area contributed by atoms with Crippen LogP contribution < -0.4 is 0 Å². The normalized spacial score (nSPS) is 6.00. The first kappa shape index (κ1) is 4.99. The van der Waals surface area contributed by atoms with Gasteiger partial charge in [-0.05, 0) is 0 Å². The number of rotatable bonds is 1. The lowest BCUT2D eigenvalue weighted by atomic mass is 10.6. The smallest absolute Gasteiger partial charge is 0.117 e. The van der Waals surface area contributed by atoms with E-state index in [4.69, 9.17) is 5.41 Å². The number of allylic oxidation sites excluding steroid dienone is 1. The van der Waals surface area contributed by atoms with Crippen LogP contribution in [0.15, 0.2) is 17.3 Å². The van der Waals surface area contributed by atoms with E-state index in [0.717, 1.165) is 0 Å². The molecule has 0 aromatic heterocycles. The third-order valence-electron chi connectivity index (χ3n) is 0.208. The highest BCUT2D eigenvalue weighted by atomic mass is 14.7. The highest BCUT2D eigenvalue weighted by molar-refractivity contribution is 5.47. The highest BCUT2D eigenvalue weighted by Gasteiger charge is 1.64. The number of hydrogen-bond acceptors (Lipinski definition) is 1. The summed E-state index contributed by atoms with van der Waals surface area (Å²) in [6.07, 6.45) is 0. The zero-order valence-corrected chi connectivity index (χ0v) is 3.31. The lowest BCUT2D eigenvalue weighted by Gasteiger charge is -1.75. The Morgan fingerprint density at radius 3 is 2.50 bits per heavy atom. The molecule has 0 rings (SSSR count). The van der Waals surface area contributed by atoms with E-state index in [0.29, 0.717) is 5.70 Å². The molecule has 0 aliphatic rings. The Morgan fingerprint density at radius 2 is 2.50 bits per heavy atom. The summed E-state index contributed by atoms with van der Waals surface area (Å²) in [5, 5.41) is 7.72. The van der Waals surface area contributed by atoms with Gasteiger partial charge in [0.2, 0.25) is 0 Å². The molecule has 0 radical (unpaired) electrons. The van der Waals surface area contributed by atoms with Crippen LogP contribution in [0.1, 0.15) is 0 Å². The minimum Gasteiger partial charge on any atom is -0.422 e. The van der Waals surface area contributed by atoms with Crippen molar-refractivity contribution in [1.29, 1.82) is 0 Å². The Labute approximate surface area is 36.7 Å². The molecule has 2 heteroatoms. The first-order valence-electron chi connectivity index (χ1n) is 1.38. The van der Waals surface area contributed by atoms with Crippen LogP contribution in [0, 0.1) is 6.92 Å². The summed E-state index contributed by atoms with van der Waals surface area (Å²) in [6.45, 7) is 6.49. The molecule has 0 N–H and O–H groups in total. The van der Waals surface area contributed by atoms with Crippen molar-refractivity contribution in [2.45, 2.75) is 0 Å². The molecule has 0 aliphatic carbocycles. The van der Waals surface area contributed by atoms with Crippen LogP contribution in [0.2, 0.25) is 0 Å². The van der Waals surface area contributed by atoms with Crippen molar-refractivity contribution in [3.8, 4) is 0 Å². The van der Waals surface area contributed by atoms with Crippen molar-refractivity contribution in [3.63, 3.8) is 0 Å². The maximum atomic E-state index is 7.72. The molecular weight excluding hydrogens is 76.1 g/mol. The maximum Gasteiger partial charge on any atom is 0.117 e. The quantitative estimate of drug-likeness (QED) is 0.333. The molecule has 0 aliphatic heterocycles. The summed E-state index contributed by atoms with van der Waals surface area (Å²) in [6, 6.07) is 1.53. The van der Waals surface area contributed by atoms with Crippen molar-refractivity contribution in [1.82, 2.24) is 0 Å². The summed E-state index contributed by atoms with van der Waals surface area (Å²) in [4.78, 5) is 3.12. The first-order valence-corrected chi connectivity index (χ1v) is 1.38. The highest BCUT2D eigenvalue weighted by Crippen LogP contribution is 1.80. The SMILES string of the molecule is C=C([CH2+])N=C=[N-]. The molecule has 0 bridgehead atoms. The van der Waals surface area contributed by atoms with E-state index in [2.05, 4.69) is 18.5 Å². The fraction of sp³-hybridized carbons (Fsp3) is 0. The van der Waals surface area contributed by atoms with Crippen molar-refractivity contribution in [2.24, 2.45) is 4.99 Å². The minimum atomic E-state index is 0.303.